The van der Waals surface area contributed by atoms with Crippen LogP contribution in [0.15, 0.2) is 23.1 Å². The van der Waals surface area contributed by atoms with Gasteiger partial charge in [0.15, 0.2) is 0 Å². The highest BCUT2D eigenvalue weighted by atomic mass is 32.2. The number of hydrogen-bond acceptors (Lipinski definition) is 4. The first kappa shape index (κ1) is 18.9. The van der Waals surface area contributed by atoms with Crippen LogP contribution in [0.4, 0.5) is 0 Å². The van der Waals surface area contributed by atoms with Crippen LogP contribution < -0.4 is 0 Å². The number of carbonyl (C=O) groups excluding carboxylic acids is 1. The molecule has 6 nitrogen and oxygen atoms in total. The summed E-state index contributed by atoms with van der Waals surface area (Å²) in [6.07, 6.45) is 5.77. The van der Waals surface area contributed by atoms with Crippen LogP contribution in [0, 0.1) is 5.92 Å². The van der Waals surface area contributed by atoms with E-state index in [0.717, 1.165) is 32.1 Å². The number of rotatable bonds is 3. The molecule has 27 heavy (non-hydrogen) atoms. The number of benzene rings is 1. The van der Waals surface area contributed by atoms with E-state index in [1.165, 1.54) is 21.9 Å². The molecule has 1 unspecified atom stereocenters. The maximum atomic E-state index is 13.2. The van der Waals surface area contributed by atoms with E-state index in [2.05, 4.69) is 0 Å². The molecule has 0 bridgehead atoms. The van der Waals surface area contributed by atoms with Gasteiger partial charge in [0.05, 0.1) is 24.0 Å². The first-order valence-corrected chi connectivity index (χ1v) is 11.5. The fourth-order valence-corrected chi connectivity index (χ4v) is 6.00. The van der Waals surface area contributed by atoms with Gasteiger partial charge >= 0.3 is 0 Å². The van der Waals surface area contributed by atoms with Gasteiger partial charge in [0, 0.05) is 26.2 Å². The van der Waals surface area contributed by atoms with Gasteiger partial charge in [0.2, 0.25) is 15.9 Å². The second-order valence-corrected chi connectivity index (χ2v) is 9.72. The predicted octanol–water partition coefficient (Wildman–Crippen LogP) is 1.82. The SMILES string of the molecule is O=C(C1CCCN(S(=O)(=O)c2ccc3c(c2)CCCC3)C1)N1CCOCC1. The number of carbonyl (C=O) groups is 1. The Morgan fingerprint density at radius 3 is 2.52 bits per heavy atom. The minimum absolute atomic E-state index is 0.0728. The molecule has 2 aliphatic heterocycles. The predicted molar refractivity (Wildman–Crippen MR) is 102 cm³/mol. The van der Waals surface area contributed by atoms with Crippen LogP contribution in [0.1, 0.15) is 36.8 Å². The fraction of sp³-hybridized carbons (Fsp3) is 0.650. The zero-order valence-corrected chi connectivity index (χ0v) is 16.5. The smallest absolute Gasteiger partial charge is 0.243 e. The maximum Gasteiger partial charge on any atom is 0.243 e. The quantitative estimate of drug-likeness (QED) is 0.787. The fourth-order valence-electron chi connectivity index (χ4n) is 4.42. The van der Waals surface area contributed by atoms with Crippen LogP contribution >= 0.6 is 0 Å². The average molecular weight is 393 g/mol. The molecule has 0 spiro atoms. The minimum Gasteiger partial charge on any atom is -0.378 e. The zero-order valence-electron chi connectivity index (χ0n) is 15.7. The van der Waals surface area contributed by atoms with E-state index in [1.807, 2.05) is 17.0 Å². The van der Waals surface area contributed by atoms with Crippen LogP contribution in [0.3, 0.4) is 0 Å². The zero-order chi connectivity index (χ0) is 18.9. The van der Waals surface area contributed by atoms with Gasteiger partial charge in [0.25, 0.3) is 0 Å². The molecule has 0 N–H and O–H groups in total. The normalized spacial score (nSPS) is 24.4. The Bertz CT molecular complexity index is 802. The van der Waals surface area contributed by atoms with Crippen LogP contribution in [-0.4, -0.2) is 62.9 Å². The van der Waals surface area contributed by atoms with E-state index in [1.54, 1.807) is 6.07 Å². The molecule has 4 rings (SSSR count). The second-order valence-electron chi connectivity index (χ2n) is 7.78. The van der Waals surface area contributed by atoms with Crippen molar-refractivity contribution in [3.63, 3.8) is 0 Å². The first-order valence-electron chi connectivity index (χ1n) is 10.0. The van der Waals surface area contributed by atoms with Crippen molar-refractivity contribution in [1.82, 2.24) is 9.21 Å². The Morgan fingerprint density at radius 2 is 1.74 bits per heavy atom. The molecule has 0 saturated carbocycles. The lowest BCUT2D eigenvalue weighted by molar-refractivity contribution is -0.140. The summed E-state index contributed by atoms with van der Waals surface area (Å²) in [5, 5.41) is 0. The topological polar surface area (TPSA) is 66.9 Å². The number of amides is 1. The van der Waals surface area contributed by atoms with Gasteiger partial charge in [-0.3, -0.25) is 4.79 Å². The molecule has 3 aliphatic rings. The highest BCUT2D eigenvalue weighted by molar-refractivity contribution is 7.89. The van der Waals surface area contributed by atoms with E-state index in [9.17, 15) is 13.2 Å². The summed E-state index contributed by atoms with van der Waals surface area (Å²) >= 11 is 0. The summed E-state index contributed by atoms with van der Waals surface area (Å²) in [6, 6.07) is 5.58. The number of hydrogen-bond donors (Lipinski definition) is 0. The second kappa shape index (κ2) is 7.89. The number of sulfonamides is 1. The van der Waals surface area contributed by atoms with Crippen molar-refractivity contribution in [1.29, 1.82) is 0 Å². The molecular weight excluding hydrogens is 364 g/mol. The van der Waals surface area contributed by atoms with Gasteiger partial charge in [-0.05, 0) is 61.8 Å². The summed E-state index contributed by atoms with van der Waals surface area (Å²) in [5.41, 5.74) is 2.44. The molecule has 0 radical (unpaired) electrons. The van der Waals surface area contributed by atoms with Gasteiger partial charge in [-0.2, -0.15) is 4.31 Å². The third-order valence-corrected chi connectivity index (χ3v) is 7.87. The maximum absolute atomic E-state index is 13.2. The molecule has 1 atom stereocenters. The van der Waals surface area contributed by atoms with Crippen LogP contribution in [0.25, 0.3) is 0 Å². The van der Waals surface area contributed by atoms with Crippen molar-refractivity contribution in [2.75, 3.05) is 39.4 Å². The van der Waals surface area contributed by atoms with Crippen molar-refractivity contribution in [3.8, 4) is 0 Å². The Morgan fingerprint density at radius 1 is 1.00 bits per heavy atom. The number of nitrogens with zero attached hydrogens (tertiary/aromatic N) is 2. The lowest BCUT2D eigenvalue weighted by Crippen LogP contribution is -2.49. The summed E-state index contributed by atoms with van der Waals surface area (Å²) in [7, 11) is -3.55. The van der Waals surface area contributed by atoms with Crippen LogP contribution in [-0.2, 0) is 32.4 Å². The van der Waals surface area contributed by atoms with Crippen molar-refractivity contribution in [2.24, 2.45) is 5.92 Å². The molecule has 1 aliphatic carbocycles. The number of ether oxygens (including phenoxy) is 1. The molecule has 2 heterocycles. The van der Waals surface area contributed by atoms with Crippen molar-refractivity contribution in [2.45, 2.75) is 43.4 Å². The summed E-state index contributed by atoms with van der Waals surface area (Å²) in [5.74, 6) is -0.173. The number of piperidine rings is 1. The first-order chi connectivity index (χ1) is 13.1. The van der Waals surface area contributed by atoms with Gasteiger partial charge < -0.3 is 9.64 Å². The van der Waals surface area contributed by atoms with E-state index < -0.39 is 10.0 Å². The van der Waals surface area contributed by atoms with Crippen molar-refractivity contribution in [3.05, 3.63) is 29.3 Å². The van der Waals surface area contributed by atoms with E-state index in [0.29, 0.717) is 37.7 Å². The summed E-state index contributed by atoms with van der Waals surface area (Å²) in [4.78, 5) is 15.0. The molecule has 1 amide bonds. The third kappa shape index (κ3) is 3.91. The molecule has 0 aromatic heterocycles. The number of morpholine rings is 1. The molecule has 1 aromatic rings. The Balaban J connectivity index is 1.50. The van der Waals surface area contributed by atoms with E-state index >= 15 is 0 Å². The van der Waals surface area contributed by atoms with Crippen LogP contribution in [0.5, 0.6) is 0 Å². The van der Waals surface area contributed by atoms with Gasteiger partial charge in [-0.25, -0.2) is 8.42 Å². The monoisotopic (exact) mass is 392 g/mol. The highest BCUT2D eigenvalue weighted by Gasteiger charge is 2.35. The largest absolute Gasteiger partial charge is 0.378 e. The van der Waals surface area contributed by atoms with Crippen LogP contribution in [0.2, 0.25) is 0 Å². The number of fused-ring (bicyclic) bond motifs is 1. The number of aryl methyl sites for hydroxylation is 2. The Hall–Kier alpha value is -1.44. The van der Waals surface area contributed by atoms with Gasteiger partial charge in [-0.15, -0.1) is 0 Å². The lowest BCUT2D eigenvalue weighted by Gasteiger charge is -2.35. The molecule has 7 heteroatoms. The van der Waals surface area contributed by atoms with Gasteiger partial charge in [0.1, 0.15) is 0 Å². The minimum atomic E-state index is -3.55. The average Bonchev–Trinajstić information content (AvgIpc) is 2.73. The van der Waals surface area contributed by atoms with Crippen molar-refractivity contribution >= 4 is 15.9 Å². The lowest BCUT2D eigenvalue weighted by atomic mass is 9.92. The van der Waals surface area contributed by atoms with Crippen molar-refractivity contribution < 1.29 is 17.9 Å². The molecule has 1 aromatic carbocycles. The van der Waals surface area contributed by atoms with Gasteiger partial charge in [-0.1, -0.05) is 6.07 Å². The molecule has 2 fully saturated rings. The Kier molecular flexibility index (Phi) is 5.53. The highest BCUT2D eigenvalue weighted by Crippen LogP contribution is 2.28. The molecular formula is C20H28N2O4S. The Labute approximate surface area is 161 Å². The summed E-state index contributed by atoms with van der Waals surface area (Å²) < 4.78 is 33.2. The van der Waals surface area contributed by atoms with E-state index in [-0.39, 0.29) is 18.4 Å². The third-order valence-electron chi connectivity index (χ3n) is 6.01. The standard InChI is InChI=1S/C20H28N2O4S/c23-20(21-10-12-26-13-11-21)18-6-3-9-22(15-18)27(24,25)19-8-7-16-4-1-2-5-17(16)14-19/h7-8,14,18H,1-6,9-13,15H2. The molecule has 2 saturated heterocycles. The molecule has 148 valence electrons. The van der Waals surface area contributed by atoms with E-state index in [4.69, 9.17) is 4.74 Å². The summed E-state index contributed by atoms with van der Waals surface area (Å²) in [6.45, 7) is 3.12.